The Morgan fingerprint density at radius 2 is 2.11 bits per heavy atom. The van der Waals surface area contributed by atoms with Gasteiger partial charge in [0.25, 0.3) is 0 Å². The molecule has 1 aliphatic rings. The molecule has 0 bridgehead atoms. The second-order valence-corrected chi connectivity index (χ2v) is 6.94. The highest BCUT2D eigenvalue weighted by Gasteiger charge is 2.42. The molecule has 1 N–H and O–H groups in total. The van der Waals surface area contributed by atoms with Gasteiger partial charge in [0.15, 0.2) is 0 Å². The SMILES string of the molecule is CC(C)OCCS(=O)(=O)N1CCC(C)C1C(=O)O. The van der Waals surface area contributed by atoms with E-state index in [1.165, 1.54) is 0 Å². The summed E-state index contributed by atoms with van der Waals surface area (Å²) in [5.41, 5.74) is 0. The van der Waals surface area contributed by atoms with Crippen molar-refractivity contribution in [1.82, 2.24) is 4.31 Å². The average molecular weight is 279 g/mol. The van der Waals surface area contributed by atoms with Crippen LogP contribution in [-0.2, 0) is 19.6 Å². The Morgan fingerprint density at radius 3 is 2.61 bits per heavy atom. The maximum absolute atomic E-state index is 12.1. The molecule has 1 aliphatic heterocycles. The highest BCUT2D eigenvalue weighted by atomic mass is 32.2. The smallest absolute Gasteiger partial charge is 0.322 e. The lowest BCUT2D eigenvalue weighted by Crippen LogP contribution is -2.44. The van der Waals surface area contributed by atoms with E-state index in [1.807, 2.05) is 13.8 Å². The highest BCUT2D eigenvalue weighted by molar-refractivity contribution is 7.89. The van der Waals surface area contributed by atoms with Crippen LogP contribution in [0.2, 0.25) is 0 Å². The third-order valence-electron chi connectivity index (χ3n) is 3.06. The summed E-state index contributed by atoms with van der Waals surface area (Å²) in [5, 5.41) is 9.09. The van der Waals surface area contributed by atoms with E-state index in [0.717, 1.165) is 4.31 Å². The molecule has 2 atom stereocenters. The van der Waals surface area contributed by atoms with E-state index in [2.05, 4.69) is 0 Å². The summed E-state index contributed by atoms with van der Waals surface area (Å²) in [7, 11) is -3.56. The van der Waals surface area contributed by atoms with Crippen LogP contribution in [0.15, 0.2) is 0 Å². The minimum absolute atomic E-state index is 0.0343. The van der Waals surface area contributed by atoms with Crippen LogP contribution in [0.25, 0.3) is 0 Å². The number of ether oxygens (including phenoxy) is 1. The molecule has 0 aromatic heterocycles. The molecule has 0 aromatic carbocycles. The number of carboxylic acids is 1. The molecule has 18 heavy (non-hydrogen) atoms. The van der Waals surface area contributed by atoms with E-state index in [-0.39, 0.29) is 30.9 Å². The molecule has 1 heterocycles. The van der Waals surface area contributed by atoms with Crippen LogP contribution < -0.4 is 0 Å². The second-order valence-electron chi connectivity index (χ2n) is 4.90. The zero-order chi connectivity index (χ0) is 13.9. The van der Waals surface area contributed by atoms with Gasteiger partial charge in [-0.1, -0.05) is 6.92 Å². The molecule has 6 nitrogen and oxygen atoms in total. The zero-order valence-corrected chi connectivity index (χ0v) is 11.8. The number of nitrogens with zero attached hydrogens (tertiary/aromatic N) is 1. The van der Waals surface area contributed by atoms with Gasteiger partial charge >= 0.3 is 5.97 Å². The first kappa shape index (κ1) is 15.4. The number of sulfonamides is 1. The Bertz CT molecular complexity index is 392. The minimum atomic E-state index is -3.56. The summed E-state index contributed by atoms with van der Waals surface area (Å²) in [4.78, 5) is 11.1. The van der Waals surface area contributed by atoms with Gasteiger partial charge < -0.3 is 9.84 Å². The van der Waals surface area contributed by atoms with Crippen molar-refractivity contribution in [3.8, 4) is 0 Å². The maximum Gasteiger partial charge on any atom is 0.322 e. The van der Waals surface area contributed by atoms with E-state index in [1.54, 1.807) is 6.92 Å². The fourth-order valence-corrected chi connectivity index (χ4v) is 3.67. The third kappa shape index (κ3) is 3.66. The van der Waals surface area contributed by atoms with Crippen LogP contribution in [0.3, 0.4) is 0 Å². The molecule has 2 unspecified atom stereocenters. The van der Waals surface area contributed by atoms with Gasteiger partial charge in [0.05, 0.1) is 18.5 Å². The predicted molar refractivity (Wildman–Crippen MR) is 66.8 cm³/mol. The molecule has 1 saturated heterocycles. The predicted octanol–water partition coefficient (Wildman–Crippen LogP) is 0.536. The monoisotopic (exact) mass is 279 g/mol. The third-order valence-corrected chi connectivity index (χ3v) is 4.86. The van der Waals surface area contributed by atoms with Gasteiger partial charge in [-0.3, -0.25) is 4.79 Å². The molecular formula is C11H21NO5S. The maximum atomic E-state index is 12.1. The van der Waals surface area contributed by atoms with Gasteiger partial charge in [-0.05, 0) is 26.2 Å². The van der Waals surface area contributed by atoms with Crippen molar-refractivity contribution in [3.05, 3.63) is 0 Å². The first-order valence-corrected chi connectivity index (χ1v) is 7.70. The molecule has 1 fully saturated rings. The van der Waals surface area contributed by atoms with Gasteiger partial charge in [-0.25, -0.2) is 8.42 Å². The van der Waals surface area contributed by atoms with Crippen molar-refractivity contribution < 1.29 is 23.1 Å². The van der Waals surface area contributed by atoms with Crippen molar-refractivity contribution in [2.75, 3.05) is 18.9 Å². The number of carbonyl (C=O) groups is 1. The normalized spacial score (nSPS) is 25.8. The number of hydrogen-bond donors (Lipinski definition) is 1. The van der Waals surface area contributed by atoms with Crippen molar-refractivity contribution in [2.45, 2.75) is 39.3 Å². The Kier molecular flexibility index (Phi) is 5.12. The van der Waals surface area contributed by atoms with E-state index in [0.29, 0.717) is 6.42 Å². The van der Waals surface area contributed by atoms with E-state index >= 15 is 0 Å². The fourth-order valence-electron chi connectivity index (χ4n) is 2.10. The van der Waals surface area contributed by atoms with Crippen LogP contribution in [-0.4, -0.2) is 54.8 Å². The first-order chi connectivity index (χ1) is 8.25. The number of rotatable bonds is 6. The molecule has 0 spiro atoms. The standard InChI is InChI=1S/C11H21NO5S/c1-8(2)17-6-7-18(15,16)12-5-4-9(3)10(12)11(13)14/h8-10H,4-7H2,1-3H3,(H,13,14). The van der Waals surface area contributed by atoms with Crippen LogP contribution in [0.1, 0.15) is 27.2 Å². The second kappa shape index (κ2) is 5.99. The van der Waals surface area contributed by atoms with Crippen molar-refractivity contribution in [3.63, 3.8) is 0 Å². The Balaban J connectivity index is 2.69. The lowest BCUT2D eigenvalue weighted by molar-refractivity contribution is -0.141. The summed E-state index contributed by atoms with van der Waals surface area (Å²) >= 11 is 0. The fraction of sp³-hybridized carbons (Fsp3) is 0.909. The van der Waals surface area contributed by atoms with Crippen LogP contribution >= 0.6 is 0 Å². The number of carboxylic acid groups (broad SMARTS) is 1. The topological polar surface area (TPSA) is 83.9 Å². The van der Waals surface area contributed by atoms with Crippen LogP contribution in [0, 0.1) is 5.92 Å². The summed E-state index contributed by atoms with van der Waals surface area (Å²) in [5.74, 6) is -1.39. The van der Waals surface area contributed by atoms with Crippen LogP contribution in [0.5, 0.6) is 0 Å². The molecule has 0 saturated carbocycles. The molecule has 0 radical (unpaired) electrons. The highest BCUT2D eigenvalue weighted by Crippen LogP contribution is 2.27. The molecule has 7 heteroatoms. The van der Waals surface area contributed by atoms with Gasteiger partial charge in [-0.15, -0.1) is 0 Å². The van der Waals surface area contributed by atoms with Gasteiger partial charge in [0.2, 0.25) is 10.0 Å². The lowest BCUT2D eigenvalue weighted by Gasteiger charge is -2.23. The van der Waals surface area contributed by atoms with Crippen molar-refractivity contribution in [1.29, 1.82) is 0 Å². The molecular weight excluding hydrogens is 258 g/mol. The number of hydrogen-bond acceptors (Lipinski definition) is 4. The van der Waals surface area contributed by atoms with E-state index < -0.39 is 22.0 Å². The quantitative estimate of drug-likeness (QED) is 0.767. The van der Waals surface area contributed by atoms with Crippen LogP contribution in [0.4, 0.5) is 0 Å². The van der Waals surface area contributed by atoms with E-state index in [4.69, 9.17) is 9.84 Å². The lowest BCUT2D eigenvalue weighted by atomic mass is 10.0. The largest absolute Gasteiger partial charge is 0.480 e. The Morgan fingerprint density at radius 1 is 1.50 bits per heavy atom. The van der Waals surface area contributed by atoms with Crippen molar-refractivity contribution in [2.24, 2.45) is 5.92 Å². The molecule has 106 valence electrons. The summed E-state index contributed by atoms with van der Waals surface area (Å²) in [6.45, 7) is 5.79. The number of aliphatic carboxylic acids is 1. The minimum Gasteiger partial charge on any atom is -0.480 e. The summed E-state index contributed by atoms with van der Waals surface area (Å²) in [6, 6.07) is -0.936. The van der Waals surface area contributed by atoms with Crippen molar-refractivity contribution >= 4 is 16.0 Å². The Hall–Kier alpha value is -0.660. The first-order valence-electron chi connectivity index (χ1n) is 6.09. The average Bonchev–Trinajstić information content (AvgIpc) is 2.59. The van der Waals surface area contributed by atoms with Gasteiger partial charge in [0, 0.05) is 6.54 Å². The summed E-state index contributed by atoms with van der Waals surface area (Å²) < 4.78 is 30.4. The zero-order valence-electron chi connectivity index (χ0n) is 11.0. The Labute approximate surface area is 108 Å². The molecule has 0 aliphatic carbocycles. The van der Waals surface area contributed by atoms with E-state index in [9.17, 15) is 13.2 Å². The molecule has 0 aromatic rings. The van der Waals surface area contributed by atoms with Gasteiger partial charge in [-0.2, -0.15) is 4.31 Å². The summed E-state index contributed by atoms with van der Waals surface area (Å²) in [6.07, 6.45) is 0.550. The van der Waals surface area contributed by atoms with Gasteiger partial charge in [0.1, 0.15) is 6.04 Å². The molecule has 0 amide bonds. The molecule has 1 rings (SSSR count).